The molecule has 5 N–H and O–H groups in total. The lowest BCUT2D eigenvalue weighted by molar-refractivity contribution is 0.0595. The van der Waals surface area contributed by atoms with Gasteiger partial charge in [0.25, 0.3) is 0 Å². The Kier molecular flexibility index (Phi) is 9.12. The predicted octanol–water partition coefficient (Wildman–Crippen LogP) is 6.63. The standard InChI is InChI=1S/C18H14Cl2O7.C13H11NO3/c1-5-9-16(11(20)13(22)10(5)19)26-14-6(2)8(17(23)25-4)12(21)7(3)15(14)27-18(9)24;14-9-6-7-11(12(15)8-9)13(16)17-10-4-2-1-3-5-10/h21-22H,1-4H3;1-8,15H,14H2. The number of halogens is 2. The summed E-state index contributed by atoms with van der Waals surface area (Å²) in [7, 11) is 1.17. The normalized spacial score (nSPS) is 11.5. The number of fused-ring (bicyclic) bond motifs is 2. The van der Waals surface area contributed by atoms with Gasteiger partial charge in [0.1, 0.15) is 39.0 Å². The molecule has 0 amide bonds. The summed E-state index contributed by atoms with van der Waals surface area (Å²) in [5.74, 6) is -3.12. The van der Waals surface area contributed by atoms with Crippen LogP contribution in [0.5, 0.6) is 40.2 Å². The number of phenolic OH excluding ortho intramolecular Hbond substituents is 3. The van der Waals surface area contributed by atoms with E-state index in [2.05, 4.69) is 0 Å². The summed E-state index contributed by atoms with van der Waals surface area (Å²) in [6.45, 7) is 4.43. The summed E-state index contributed by atoms with van der Waals surface area (Å²) in [6.07, 6.45) is 0. The van der Waals surface area contributed by atoms with E-state index in [9.17, 15) is 29.7 Å². The third-order valence-electron chi connectivity index (χ3n) is 6.59. The highest BCUT2D eigenvalue weighted by Gasteiger charge is 2.35. The van der Waals surface area contributed by atoms with Crippen LogP contribution in [-0.4, -0.2) is 40.3 Å². The molecule has 0 aliphatic carbocycles. The number of carbonyl (C=O) groups is 3. The summed E-state index contributed by atoms with van der Waals surface area (Å²) in [4.78, 5) is 36.5. The Morgan fingerprint density at radius 1 is 0.795 bits per heavy atom. The zero-order valence-electron chi connectivity index (χ0n) is 23.7. The highest BCUT2D eigenvalue weighted by molar-refractivity contribution is 6.39. The minimum absolute atomic E-state index is 0.0131. The molecule has 11 nitrogen and oxygen atoms in total. The van der Waals surface area contributed by atoms with E-state index in [0.717, 1.165) is 0 Å². The fourth-order valence-electron chi connectivity index (χ4n) is 4.25. The van der Waals surface area contributed by atoms with Crippen LogP contribution in [0, 0.1) is 20.8 Å². The number of benzene rings is 4. The Balaban J connectivity index is 0.000000223. The van der Waals surface area contributed by atoms with Gasteiger partial charge in [-0.25, -0.2) is 14.4 Å². The molecule has 1 aliphatic rings. The monoisotopic (exact) mass is 641 g/mol. The van der Waals surface area contributed by atoms with Crippen molar-refractivity contribution in [3.05, 3.63) is 92.0 Å². The quantitative estimate of drug-likeness (QED) is 0.107. The number of para-hydroxylation sites is 1. The molecule has 0 aromatic heterocycles. The van der Waals surface area contributed by atoms with Crippen molar-refractivity contribution in [3.8, 4) is 40.2 Å². The predicted molar refractivity (Wildman–Crippen MR) is 161 cm³/mol. The van der Waals surface area contributed by atoms with E-state index in [0.29, 0.717) is 11.4 Å². The molecule has 0 radical (unpaired) electrons. The number of rotatable bonds is 3. The molecule has 4 aromatic carbocycles. The molecule has 1 heterocycles. The fraction of sp³-hybridized carbons (Fsp3) is 0.129. The van der Waals surface area contributed by atoms with E-state index in [1.165, 1.54) is 46.1 Å². The molecule has 0 fully saturated rings. The summed E-state index contributed by atoms with van der Waals surface area (Å²) < 4.78 is 21.0. The highest BCUT2D eigenvalue weighted by atomic mass is 35.5. The van der Waals surface area contributed by atoms with Crippen molar-refractivity contribution in [2.75, 3.05) is 12.8 Å². The van der Waals surface area contributed by atoms with Crippen molar-refractivity contribution in [3.63, 3.8) is 0 Å². The first-order chi connectivity index (χ1) is 20.8. The van der Waals surface area contributed by atoms with Gasteiger partial charge >= 0.3 is 17.9 Å². The Morgan fingerprint density at radius 3 is 2.05 bits per heavy atom. The molecule has 1 aliphatic heterocycles. The summed E-state index contributed by atoms with van der Waals surface area (Å²) in [5, 5.41) is 29.7. The smallest absolute Gasteiger partial charge is 0.347 e. The van der Waals surface area contributed by atoms with Gasteiger partial charge in [0, 0.05) is 22.9 Å². The van der Waals surface area contributed by atoms with Crippen molar-refractivity contribution in [2.45, 2.75) is 20.8 Å². The molecule has 5 rings (SSSR count). The fourth-order valence-corrected chi connectivity index (χ4v) is 4.72. The maximum absolute atomic E-state index is 12.7. The number of hydrogen-bond acceptors (Lipinski definition) is 11. The number of esters is 3. The second kappa shape index (κ2) is 12.6. The SMILES string of the molecule is COC(=O)c1c(C)c2c(c(C)c1O)OC(=O)c1c(C)c(Cl)c(O)c(Cl)c1O2.Nc1ccc(C(=O)Oc2ccccc2)c(O)c1. The number of anilines is 1. The van der Waals surface area contributed by atoms with E-state index < -0.39 is 29.4 Å². The van der Waals surface area contributed by atoms with Crippen LogP contribution in [0.25, 0.3) is 0 Å². The molecular weight excluding hydrogens is 617 g/mol. The van der Waals surface area contributed by atoms with Gasteiger partial charge in [-0.1, -0.05) is 41.4 Å². The highest BCUT2D eigenvalue weighted by Crippen LogP contribution is 2.52. The third kappa shape index (κ3) is 5.87. The number of nitrogens with two attached hydrogens (primary N) is 1. The Bertz CT molecular complexity index is 1820. The van der Waals surface area contributed by atoms with Crippen molar-refractivity contribution >= 4 is 46.8 Å². The second-order valence-corrected chi connectivity index (χ2v) is 10.2. The lowest BCUT2D eigenvalue weighted by Crippen LogP contribution is -2.11. The number of methoxy groups -OCH3 is 1. The molecule has 0 saturated carbocycles. The average molecular weight is 642 g/mol. The van der Waals surface area contributed by atoms with Crippen LogP contribution < -0.4 is 19.9 Å². The molecule has 44 heavy (non-hydrogen) atoms. The molecule has 0 saturated heterocycles. The molecule has 0 unspecified atom stereocenters. The van der Waals surface area contributed by atoms with Crippen molar-refractivity contribution < 1.29 is 48.7 Å². The van der Waals surface area contributed by atoms with Crippen LogP contribution in [0.3, 0.4) is 0 Å². The topological polar surface area (TPSA) is 175 Å². The number of hydrogen-bond donors (Lipinski definition) is 4. The number of phenols is 3. The lowest BCUT2D eigenvalue weighted by atomic mass is 10.0. The van der Waals surface area contributed by atoms with E-state index in [4.69, 9.17) is 47.9 Å². The van der Waals surface area contributed by atoms with Gasteiger partial charge in [-0.15, -0.1) is 0 Å². The number of nitrogen functional groups attached to an aromatic ring is 1. The van der Waals surface area contributed by atoms with E-state index in [1.807, 2.05) is 6.07 Å². The first-order valence-corrected chi connectivity index (χ1v) is 13.4. The van der Waals surface area contributed by atoms with Crippen LogP contribution in [0.15, 0.2) is 48.5 Å². The first-order valence-electron chi connectivity index (χ1n) is 12.7. The number of ether oxygens (including phenoxy) is 4. The molecule has 228 valence electrons. The van der Waals surface area contributed by atoms with Gasteiger partial charge in [0.15, 0.2) is 23.0 Å². The minimum atomic E-state index is -0.835. The van der Waals surface area contributed by atoms with Gasteiger partial charge in [-0.3, -0.25) is 0 Å². The lowest BCUT2D eigenvalue weighted by Gasteiger charge is -2.17. The van der Waals surface area contributed by atoms with E-state index in [-0.39, 0.29) is 66.4 Å². The summed E-state index contributed by atoms with van der Waals surface area (Å²) in [6, 6.07) is 12.9. The average Bonchev–Trinajstić information content (AvgIpc) is 3.15. The van der Waals surface area contributed by atoms with Gasteiger partial charge in [0.2, 0.25) is 0 Å². The maximum Gasteiger partial charge on any atom is 0.347 e. The Hall–Kier alpha value is -5.13. The third-order valence-corrected chi connectivity index (χ3v) is 7.40. The van der Waals surface area contributed by atoms with E-state index in [1.54, 1.807) is 24.3 Å². The van der Waals surface area contributed by atoms with Crippen LogP contribution in [-0.2, 0) is 4.74 Å². The first kappa shape index (κ1) is 31.8. The van der Waals surface area contributed by atoms with Crippen molar-refractivity contribution in [2.24, 2.45) is 0 Å². The molecule has 0 spiro atoms. The Labute approximate surface area is 260 Å². The van der Waals surface area contributed by atoms with E-state index >= 15 is 0 Å². The molecule has 0 atom stereocenters. The molecule has 4 aromatic rings. The summed E-state index contributed by atoms with van der Waals surface area (Å²) in [5.41, 5.74) is 6.21. The minimum Gasteiger partial charge on any atom is -0.507 e. The van der Waals surface area contributed by atoms with Gasteiger partial charge in [0.05, 0.1) is 12.1 Å². The summed E-state index contributed by atoms with van der Waals surface area (Å²) >= 11 is 12.2. The van der Waals surface area contributed by atoms with Crippen LogP contribution in [0.2, 0.25) is 10.0 Å². The van der Waals surface area contributed by atoms with Crippen molar-refractivity contribution in [1.82, 2.24) is 0 Å². The second-order valence-electron chi connectivity index (χ2n) is 9.40. The number of carbonyl (C=O) groups excluding carboxylic acids is 3. The largest absolute Gasteiger partial charge is 0.507 e. The van der Waals surface area contributed by atoms with Crippen LogP contribution >= 0.6 is 23.2 Å². The van der Waals surface area contributed by atoms with Gasteiger partial charge in [-0.05, 0) is 50.6 Å². The van der Waals surface area contributed by atoms with Gasteiger partial charge < -0.3 is 40.0 Å². The molecule has 0 bridgehead atoms. The van der Waals surface area contributed by atoms with Crippen molar-refractivity contribution in [1.29, 1.82) is 0 Å². The van der Waals surface area contributed by atoms with Gasteiger partial charge in [-0.2, -0.15) is 0 Å². The zero-order chi connectivity index (χ0) is 32.5. The molecule has 13 heteroatoms. The zero-order valence-corrected chi connectivity index (χ0v) is 25.2. The molecular formula is C31H25Cl2NO10. The number of aromatic hydroxyl groups is 3. The van der Waals surface area contributed by atoms with Crippen LogP contribution in [0.1, 0.15) is 47.8 Å². The van der Waals surface area contributed by atoms with Crippen LogP contribution in [0.4, 0.5) is 5.69 Å². The maximum atomic E-state index is 12.7. The Morgan fingerprint density at radius 2 is 1.43 bits per heavy atom.